The zero-order chi connectivity index (χ0) is 9.68. The second-order valence-electron chi connectivity index (χ2n) is 2.72. The summed E-state index contributed by atoms with van der Waals surface area (Å²) in [7, 11) is 0. The normalized spacial score (nSPS) is 12.5. The standard InChI is InChI=1S/C8H12BrN3O/c9-6-1-8(4-11-2-6)12-3-7(10)5-13/h1-2,4,7,12-13H,3,5,10H2. The summed E-state index contributed by atoms with van der Waals surface area (Å²) >= 11 is 3.30. The Balaban J connectivity index is 2.45. The van der Waals surface area contributed by atoms with Crippen LogP contribution in [0.25, 0.3) is 0 Å². The van der Waals surface area contributed by atoms with Gasteiger partial charge in [0.25, 0.3) is 0 Å². The average Bonchev–Trinajstić information content (AvgIpc) is 2.14. The van der Waals surface area contributed by atoms with Crippen LogP contribution in [0, 0.1) is 0 Å². The van der Waals surface area contributed by atoms with Crippen molar-refractivity contribution >= 4 is 21.6 Å². The number of hydrogen-bond acceptors (Lipinski definition) is 4. The maximum atomic E-state index is 8.68. The number of nitrogens with zero attached hydrogens (tertiary/aromatic N) is 1. The van der Waals surface area contributed by atoms with Crippen LogP contribution < -0.4 is 11.1 Å². The van der Waals surface area contributed by atoms with Crippen molar-refractivity contribution in [1.82, 2.24) is 4.98 Å². The minimum absolute atomic E-state index is 0.0194. The van der Waals surface area contributed by atoms with Gasteiger partial charge in [0.1, 0.15) is 0 Å². The predicted molar refractivity (Wildman–Crippen MR) is 55.5 cm³/mol. The fourth-order valence-electron chi connectivity index (χ4n) is 0.822. The van der Waals surface area contributed by atoms with Crippen LogP contribution in [0.3, 0.4) is 0 Å². The van der Waals surface area contributed by atoms with Crippen molar-refractivity contribution in [3.63, 3.8) is 0 Å². The Bertz CT molecular complexity index is 269. The molecule has 4 nitrogen and oxygen atoms in total. The fourth-order valence-corrected chi connectivity index (χ4v) is 1.19. The van der Waals surface area contributed by atoms with Gasteiger partial charge in [-0.25, -0.2) is 0 Å². The van der Waals surface area contributed by atoms with Crippen molar-refractivity contribution in [2.24, 2.45) is 5.73 Å². The summed E-state index contributed by atoms with van der Waals surface area (Å²) in [6, 6.07) is 1.66. The van der Waals surface area contributed by atoms with Crippen LogP contribution in [-0.2, 0) is 0 Å². The summed E-state index contributed by atoms with van der Waals surface area (Å²) in [4.78, 5) is 3.98. The summed E-state index contributed by atoms with van der Waals surface area (Å²) in [5, 5.41) is 11.7. The number of aromatic nitrogens is 1. The van der Waals surface area contributed by atoms with E-state index in [9.17, 15) is 0 Å². The number of aliphatic hydroxyl groups excluding tert-OH is 1. The maximum Gasteiger partial charge on any atom is 0.0599 e. The highest BCUT2D eigenvalue weighted by molar-refractivity contribution is 9.10. The summed E-state index contributed by atoms with van der Waals surface area (Å²) < 4.78 is 0.912. The minimum Gasteiger partial charge on any atom is -0.395 e. The highest BCUT2D eigenvalue weighted by atomic mass is 79.9. The molecule has 0 saturated carbocycles. The number of hydrogen-bond donors (Lipinski definition) is 3. The molecule has 1 atom stereocenters. The molecule has 13 heavy (non-hydrogen) atoms. The molecule has 0 bridgehead atoms. The maximum absolute atomic E-state index is 8.68. The van der Waals surface area contributed by atoms with Crippen molar-refractivity contribution in [3.05, 3.63) is 22.9 Å². The quantitative estimate of drug-likeness (QED) is 0.726. The molecule has 72 valence electrons. The molecule has 1 unspecified atom stereocenters. The molecule has 1 aromatic heterocycles. The molecule has 0 fully saturated rings. The third-order valence-corrected chi connectivity index (χ3v) is 1.94. The molecule has 1 aromatic rings. The number of halogens is 1. The minimum atomic E-state index is -0.237. The van der Waals surface area contributed by atoms with Crippen LogP contribution in [0.2, 0.25) is 0 Å². The first-order chi connectivity index (χ1) is 6.22. The van der Waals surface area contributed by atoms with E-state index in [4.69, 9.17) is 10.8 Å². The van der Waals surface area contributed by atoms with Crippen LogP contribution in [0.4, 0.5) is 5.69 Å². The first-order valence-corrected chi connectivity index (χ1v) is 4.72. The van der Waals surface area contributed by atoms with Crippen LogP contribution in [0.5, 0.6) is 0 Å². The SMILES string of the molecule is NC(CO)CNc1cncc(Br)c1. The van der Waals surface area contributed by atoms with Gasteiger partial charge in [-0.2, -0.15) is 0 Å². The molecule has 4 N–H and O–H groups in total. The molecule has 0 spiro atoms. The average molecular weight is 246 g/mol. The Morgan fingerprint density at radius 3 is 3.00 bits per heavy atom. The van der Waals surface area contributed by atoms with Crippen molar-refractivity contribution in [2.75, 3.05) is 18.5 Å². The number of nitrogens with two attached hydrogens (primary N) is 1. The van der Waals surface area contributed by atoms with E-state index in [1.165, 1.54) is 0 Å². The largest absolute Gasteiger partial charge is 0.395 e. The molecule has 0 saturated heterocycles. The van der Waals surface area contributed by atoms with Gasteiger partial charge in [-0.1, -0.05) is 0 Å². The highest BCUT2D eigenvalue weighted by Crippen LogP contribution is 2.13. The van der Waals surface area contributed by atoms with Crippen molar-refractivity contribution < 1.29 is 5.11 Å². The van der Waals surface area contributed by atoms with Crippen LogP contribution in [-0.4, -0.2) is 29.3 Å². The third kappa shape index (κ3) is 3.71. The Kier molecular flexibility index (Phi) is 4.14. The molecule has 5 heteroatoms. The van der Waals surface area contributed by atoms with Gasteiger partial charge in [-0.05, 0) is 22.0 Å². The second kappa shape index (κ2) is 5.16. The molecule has 0 aromatic carbocycles. The van der Waals surface area contributed by atoms with Crippen LogP contribution >= 0.6 is 15.9 Å². The van der Waals surface area contributed by atoms with Crippen LogP contribution in [0.1, 0.15) is 0 Å². The molecule has 0 aliphatic rings. The van der Waals surface area contributed by atoms with Gasteiger partial charge >= 0.3 is 0 Å². The number of aliphatic hydroxyl groups is 1. The highest BCUT2D eigenvalue weighted by Gasteiger charge is 1.99. The predicted octanol–water partition coefficient (Wildman–Crippen LogP) is 0.576. The number of pyridine rings is 1. The smallest absolute Gasteiger partial charge is 0.0599 e. The van der Waals surface area contributed by atoms with Gasteiger partial charge in [-0.15, -0.1) is 0 Å². The van der Waals surface area contributed by atoms with Gasteiger partial charge in [-0.3, -0.25) is 4.98 Å². The van der Waals surface area contributed by atoms with E-state index in [2.05, 4.69) is 26.2 Å². The Labute approximate surface area is 85.3 Å². The first-order valence-electron chi connectivity index (χ1n) is 3.93. The van der Waals surface area contributed by atoms with E-state index >= 15 is 0 Å². The van der Waals surface area contributed by atoms with E-state index in [-0.39, 0.29) is 12.6 Å². The monoisotopic (exact) mass is 245 g/mol. The topological polar surface area (TPSA) is 71.2 Å². The second-order valence-corrected chi connectivity index (χ2v) is 3.63. The molecule has 0 aliphatic carbocycles. The Morgan fingerprint density at radius 2 is 2.38 bits per heavy atom. The summed E-state index contributed by atoms with van der Waals surface area (Å²) in [5.41, 5.74) is 6.40. The lowest BCUT2D eigenvalue weighted by atomic mass is 10.3. The van der Waals surface area contributed by atoms with Crippen molar-refractivity contribution in [3.8, 4) is 0 Å². The first kappa shape index (κ1) is 10.4. The fraction of sp³-hybridized carbons (Fsp3) is 0.375. The van der Waals surface area contributed by atoms with E-state index in [1.807, 2.05) is 6.07 Å². The van der Waals surface area contributed by atoms with E-state index in [1.54, 1.807) is 12.4 Å². The lowest BCUT2D eigenvalue weighted by molar-refractivity contribution is 0.270. The molecule has 1 rings (SSSR count). The van der Waals surface area contributed by atoms with Crippen molar-refractivity contribution in [1.29, 1.82) is 0 Å². The summed E-state index contributed by atoms with van der Waals surface area (Å²) in [6.45, 7) is 0.517. The van der Waals surface area contributed by atoms with Gasteiger partial charge in [0, 0.05) is 23.3 Å². The molecular weight excluding hydrogens is 234 g/mol. The zero-order valence-electron chi connectivity index (χ0n) is 7.07. The van der Waals surface area contributed by atoms with E-state index in [0.717, 1.165) is 10.2 Å². The van der Waals surface area contributed by atoms with E-state index < -0.39 is 0 Å². The number of anilines is 1. The summed E-state index contributed by atoms with van der Waals surface area (Å²) in [6.07, 6.45) is 3.41. The Morgan fingerprint density at radius 1 is 1.62 bits per heavy atom. The lowest BCUT2D eigenvalue weighted by Crippen LogP contribution is -2.32. The number of rotatable bonds is 4. The van der Waals surface area contributed by atoms with E-state index in [0.29, 0.717) is 6.54 Å². The number of nitrogens with one attached hydrogen (secondary N) is 1. The molecule has 0 radical (unpaired) electrons. The molecular formula is C8H12BrN3O. The summed E-state index contributed by atoms with van der Waals surface area (Å²) in [5.74, 6) is 0. The lowest BCUT2D eigenvalue weighted by Gasteiger charge is -2.10. The van der Waals surface area contributed by atoms with Gasteiger partial charge in [0.05, 0.1) is 18.5 Å². The molecule has 0 aliphatic heterocycles. The Hall–Kier alpha value is -0.650. The van der Waals surface area contributed by atoms with Gasteiger partial charge in [0.2, 0.25) is 0 Å². The zero-order valence-corrected chi connectivity index (χ0v) is 8.66. The molecule has 1 heterocycles. The van der Waals surface area contributed by atoms with Gasteiger partial charge < -0.3 is 16.2 Å². The van der Waals surface area contributed by atoms with Crippen molar-refractivity contribution in [2.45, 2.75) is 6.04 Å². The molecule has 0 amide bonds. The third-order valence-electron chi connectivity index (χ3n) is 1.51. The van der Waals surface area contributed by atoms with Crippen LogP contribution in [0.15, 0.2) is 22.9 Å². The van der Waals surface area contributed by atoms with Gasteiger partial charge in [0.15, 0.2) is 0 Å².